The lowest BCUT2D eigenvalue weighted by Crippen LogP contribution is -2.44. The second kappa shape index (κ2) is 5.95. The standard InChI is InChI=1S/C9H18N2O3/c1-7(12)10-11-9(13)6-8-2-4-14-5-3-8/h8-9,11,13H,2-6H2,1H3,(H,10,12). The van der Waals surface area contributed by atoms with Crippen LogP contribution in [0.3, 0.4) is 0 Å². The van der Waals surface area contributed by atoms with Crippen LogP contribution in [-0.4, -0.2) is 30.5 Å². The summed E-state index contributed by atoms with van der Waals surface area (Å²) < 4.78 is 5.21. The number of nitrogens with one attached hydrogen (secondary N) is 2. The minimum atomic E-state index is -0.665. The maximum Gasteiger partial charge on any atom is 0.231 e. The van der Waals surface area contributed by atoms with Gasteiger partial charge < -0.3 is 9.84 Å². The van der Waals surface area contributed by atoms with Crippen LogP contribution in [-0.2, 0) is 9.53 Å². The molecule has 0 spiro atoms. The lowest BCUT2D eigenvalue weighted by molar-refractivity contribution is -0.121. The molecule has 1 unspecified atom stereocenters. The molecule has 1 atom stereocenters. The average molecular weight is 202 g/mol. The summed E-state index contributed by atoms with van der Waals surface area (Å²) in [6.07, 6.45) is 1.96. The van der Waals surface area contributed by atoms with Crippen molar-refractivity contribution < 1.29 is 14.6 Å². The molecule has 3 N–H and O–H groups in total. The molecule has 0 bridgehead atoms. The van der Waals surface area contributed by atoms with Crippen molar-refractivity contribution in [2.24, 2.45) is 5.92 Å². The Bertz CT molecular complexity index is 181. The van der Waals surface area contributed by atoms with E-state index in [0.717, 1.165) is 26.1 Å². The van der Waals surface area contributed by atoms with Crippen LogP contribution in [0.4, 0.5) is 0 Å². The van der Waals surface area contributed by atoms with Gasteiger partial charge in [0.15, 0.2) is 0 Å². The molecule has 1 amide bonds. The third kappa shape index (κ3) is 4.55. The van der Waals surface area contributed by atoms with Crippen LogP contribution >= 0.6 is 0 Å². The highest BCUT2D eigenvalue weighted by atomic mass is 16.5. The Kier molecular flexibility index (Phi) is 4.86. The molecule has 0 aromatic rings. The van der Waals surface area contributed by atoms with Gasteiger partial charge in [-0.1, -0.05) is 0 Å². The van der Waals surface area contributed by atoms with Crippen LogP contribution < -0.4 is 10.9 Å². The Morgan fingerprint density at radius 1 is 1.57 bits per heavy atom. The topological polar surface area (TPSA) is 70.6 Å². The van der Waals surface area contributed by atoms with Gasteiger partial charge in [-0.25, -0.2) is 5.43 Å². The first-order chi connectivity index (χ1) is 6.68. The van der Waals surface area contributed by atoms with Gasteiger partial charge in [-0.2, -0.15) is 0 Å². The molecule has 0 aliphatic carbocycles. The summed E-state index contributed by atoms with van der Waals surface area (Å²) in [4.78, 5) is 10.5. The SMILES string of the molecule is CC(=O)NNC(O)CC1CCOCC1. The number of hydrazine groups is 1. The van der Waals surface area contributed by atoms with Crippen LogP contribution in [0.5, 0.6) is 0 Å². The molecule has 1 rings (SSSR count). The number of amides is 1. The van der Waals surface area contributed by atoms with Crippen molar-refractivity contribution in [3.05, 3.63) is 0 Å². The zero-order valence-corrected chi connectivity index (χ0v) is 8.45. The second-order valence-corrected chi connectivity index (χ2v) is 3.63. The van der Waals surface area contributed by atoms with Crippen molar-refractivity contribution in [2.45, 2.75) is 32.4 Å². The third-order valence-electron chi connectivity index (χ3n) is 2.31. The summed E-state index contributed by atoms with van der Waals surface area (Å²) in [5, 5.41) is 9.48. The Balaban J connectivity index is 2.11. The molecular formula is C9H18N2O3. The minimum Gasteiger partial charge on any atom is -0.381 e. The van der Waals surface area contributed by atoms with E-state index >= 15 is 0 Å². The summed E-state index contributed by atoms with van der Waals surface area (Å²) in [6.45, 7) is 2.95. The average Bonchev–Trinajstić information content (AvgIpc) is 2.16. The number of hydrogen-bond donors (Lipinski definition) is 3. The molecule has 0 aromatic carbocycles. The largest absolute Gasteiger partial charge is 0.381 e. The first-order valence-corrected chi connectivity index (χ1v) is 4.96. The van der Waals surface area contributed by atoms with Crippen molar-refractivity contribution in [3.8, 4) is 0 Å². The van der Waals surface area contributed by atoms with Crippen LogP contribution in [0.1, 0.15) is 26.2 Å². The Morgan fingerprint density at radius 2 is 2.21 bits per heavy atom. The summed E-state index contributed by atoms with van der Waals surface area (Å²) in [5.41, 5.74) is 4.91. The van der Waals surface area contributed by atoms with Crippen molar-refractivity contribution in [3.63, 3.8) is 0 Å². The molecule has 5 nitrogen and oxygen atoms in total. The van der Waals surface area contributed by atoms with Crippen LogP contribution in [0.2, 0.25) is 0 Å². The Hall–Kier alpha value is -0.650. The maximum atomic E-state index is 10.5. The highest BCUT2D eigenvalue weighted by Crippen LogP contribution is 2.19. The van der Waals surface area contributed by atoms with Gasteiger partial charge >= 0.3 is 0 Å². The van der Waals surface area contributed by atoms with Crippen LogP contribution in [0.15, 0.2) is 0 Å². The number of ether oxygens (including phenoxy) is 1. The van der Waals surface area contributed by atoms with E-state index in [1.165, 1.54) is 6.92 Å². The molecule has 1 heterocycles. The van der Waals surface area contributed by atoms with E-state index in [2.05, 4.69) is 10.9 Å². The third-order valence-corrected chi connectivity index (χ3v) is 2.31. The molecule has 0 aromatic heterocycles. The lowest BCUT2D eigenvalue weighted by Gasteiger charge is -2.24. The van der Waals surface area contributed by atoms with Gasteiger partial charge in [-0.05, 0) is 25.2 Å². The van der Waals surface area contributed by atoms with Gasteiger partial charge in [0, 0.05) is 20.1 Å². The van der Waals surface area contributed by atoms with Crippen LogP contribution in [0, 0.1) is 5.92 Å². The van der Waals surface area contributed by atoms with Gasteiger partial charge in [0.2, 0.25) is 5.91 Å². The number of aliphatic hydroxyl groups is 1. The summed E-state index contributed by atoms with van der Waals surface area (Å²) in [5.74, 6) is 0.288. The normalized spacial score (nSPS) is 20.4. The first kappa shape index (κ1) is 11.4. The van der Waals surface area contributed by atoms with Gasteiger partial charge in [-0.3, -0.25) is 10.2 Å². The zero-order valence-electron chi connectivity index (χ0n) is 8.45. The van der Waals surface area contributed by atoms with E-state index in [4.69, 9.17) is 4.74 Å². The smallest absolute Gasteiger partial charge is 0.231 e. The molecule has 14 heavy (non-hydrogen) atoms. The molecule has 0 saturated carbocycles. The molecule has 1 saturated heterocycles. The summed E-state index contributed by atoms with van der Waals surface area (Å²) in [7, 11) is 0. The van der Waals surface area contributed by atoms with Crippen molar-refractivity contribution >= 4 is 5.91 Å². The fourth-order valence-electron chi connectivity index (χ4n) is 1.54. The number of carbonyl (C=O) groups is 1. The minimum absolute atomic E-state index is 0.198. The number of aliphatic hydroxyl groups excluding tert-OH is 1. The second-order valence-electron chi connectivity index (χ2n) is 3.63. The molecule has 1 fully saturated rings. The molecule has 1 aliphatic rings. The molecular weight excluding hydrogens is 184 g/mol. The van der Waals surface area contributed by atoms with Gasteiger partial charge in [-0.15, -0.1) is 0 Å². The molecule has 82 valence electrons. The van der Waals surface area contributed by atoms with E-state index in [1.54, 1.807) is 0 Å². The van der Waals surface area contributed by atoms with Gasteiger partial charge in [0.05, 0.1) is 0 Å². The van der Waals surface area contributed by atoms with Crippen molar-refractivity contribution in [2.75, 3.05) is 13.2 Å². The Morgan fingerprint density at radius 3 is 2.79 bits per heavy atom. The van der Waals surface area contributed by atoms with E-state index in [0.29, 0.717) is 12.3 Å². The van der Waals surface area contributed by atoms with E-state index in [1.807, 2.05) is 0 Å². The number of rotatable bonds is 4. The lowest BCUT2D eigenvalue weighted by atomic mass is 9.96. The van der Waals surface area contributed by atoms with Crippen molar-refractivity contribution in [1.82, 2.24) is 10.9 Å². The van der Waals surface area contributed by atoms with Crippen molar-refractivity contribution in [1.29, 1.82) is 0 Å². The summed E-state index contributed by atoms with van der Waals surface area (Å²) in [6, 6.07) is 0. The highest BCUT2D eigenvalue weighted by molar-refractivity contribution is 5.72. The monoisotopic (exact) mass is 202 g/mol. The van der Waals surface area contributed by atoms with E-state index in [9.17, 15) is 9.90 Å². The predicted octanol–water partition coefficient (Wildman–Crippen LogP) is -0.238. The van der Waals surface area contributed by atoms with Crippen LogP contribution in [0.25, 0.3) is 0 Å². The van der Waals surface area contributed by atoms with E-state index < -0.39 is 6.23 Å². The Labute approximate surface area is 83.8 Å². The maximum absolute atomic E-state index is 10.5. The fraction of sp³-hybridized carbons (Fsp3) is 0.889. The zero-order chi connectivity index (χ0) is 10.4. The quantitative estimate of drug-likeness (QED) is 0.435. The molecule has 1 aliphatic heterocycles. The fourth-order valence-corrected chi connectivity index (χ4v) is 1.54. The van der Waals surface area contributed by atoms with E-state index in [-0.39, 0.29) is 5.91 Å². The molecule has 0 radical (unpaired) electrons. The summed E-state index contributed by atoms with van der Waals surface area (Å²) >= 11 is 0. The first-order valence-electron chi connectivity index (χ1n) is 4.96. The number of carbonyl (C=O) groups excluding carboxylic acids is 1. The molecule has 5 heteroatoms. The highest BCUT2D eigenvalue weighted by Gasteiger charge is 2.17. The van der Waals surface area contributed by atoms with Gasteiger partial charge in [0.1, 0.15) is 6.23 Å². The van der Waals surface area contributed by atoms with Gasteiger partial charge in [0.25, 0.3) is 0 Å². The number of hydrogen-bond acceptors (Lipinski definition) is 4. The predicted molar refractivity (Wildman–Crippen MR) is 51.1 cm³/mol.